The van der Waals surface area contributed by atoms with Gasteiger partial charge in [0.15, 0.2) is 0 Å². The van der Waals surface area contributed by atoms with Gasteiger partial charge >= 0.3 is 0 Å². The lowest BCUT2D eigenvalue weighted by atomic mass is 10.1. The van der Waals surface area contributed by atoms with Crippen molar-refractivity contribution < 1.29 is 0 Å². The molecule has 0 amide bonds. The van der Waals surface area contributed by atoms with Gasteiger partial charge in [0.2, 0.25) is 5.95 Å². The molecule has 1 aliphatic heterocycles. The molecule has 2 N–H and O–H groups in total. The molecule has 25 heavy (non-hydrogen) atoms. The Bertz CT molecular complexity index is 871. The molecule has 2 aromatic carbocycles. The Kier molecular flexibility index (Phi) is 4.37. The lowest BCUT2D eigenvalue weighted by molar-refractivity contribution is 0.573. The Hall–Kier alpha value is -2.82. The molecule has 5 nitrogen and oxygen atoms in total. The quantitative estimate of drug-likeness (QED) is 0.741. The van der Waals surface area contributed by atoms with Gasteiger partial charge < -0.3 is 15.5 Å². The van der Waals surface area contributed by atoms with E-state index in [-0.39, 0.29) is 0 Å². The molecule has 0 saturated carbocycles. The first-order valence-corrected chi connectivity index (χ1v) is 8.89. The number of anilines is 4. The summed E-state index contributed by atoms with van der Waals surface area (Å²) in [6.07, 6.45) is 3.77. The molecule has 0 spiro atoms. The van der Waals surface area contributed by atoms with E-state index < -0.39 is 0 Å². The molecular formula is C20H23N5. The van der Waals surface area contributed by atoms with Crippen LogP contribution < -0.4 is 15.5 Å². The Morgan fingerprint density at radius 2 is 1.68 bits per heavy atom. The molecule has 5 heteroatoms. The van der Waals surface area contributed by atoms with Gasteiger partial charge in [-0.3, -0.25) is 0 Å². The highest BCUT2D eigenvalue weighted by molar-refractivity contribution is 5.86. The minimum Gasteiger partial charge on any atom is -0.357 e. The van der Waals surface area contributed by atoms with E-state index in [2.05, 4.69) is 68.0 Å². The molecule has 0 atom stereocenters. The third-order valence-electron chi connectivity index (χ3n) is 4.64. The summed E-state index contributed by atoms with van der Waals surface area (Å²) in [4.78, 5) is 11.5. The van der Waals surface area contributed by atoms with E-state index in [1.807, 2.05) is 13.1 Å². The summed E-state index contributed by atoms with van der Waals surface area (Å²) < 4.78 is 0. The summed E-state index contributed by atoms with van der Waals surface area (Å²) in [5.74, 6) is 2.45. The van der Waals surface area contributed by atoms with Crippen LogP contribution in [0.3, 0.4) is 0 Å². The van der Waals surface area contributed by atoms with Gasteiger partial charge in [0.25, 0.3) is 0 Å². The van der Waals surface area contributed by atoms with Gasteiger partial charge in [-0.05, 0) is 42.2 Å². The zero-order chi connectivity index (χ0) is 17.1. The third kappa shape index (κ3) is 3.50. The smallest absolute Gasteiger partial charge is 0.226 e. The second-order valence-electron chi connectivity index (χ2n) is 6.42. The third-order valence-corrected chi connectivity index (χ3v) is 4.64. The van der Waals surface area contributed by atoms with Crippen LogP contribution in [-0.2, 0) is 0 Å². The number of fused-ring (bicyclic) bond motifs is 1. The van der Waals surface area contributed by atoms with Crippen molar-refractivity contribution in [1.82, 2.24) is 9.97 Å². The zero-order valence-electron chi connectivity index (χ0n) is 14.5. The number of aromatic nitrogens is 2. The van der Waals surface area contributed by atoms with Crippen molar-refractivity contribution in [3.63, 3.8) is 0 Å². The summed E-state index contributed by atoms with van der Waals surface area (Å²) in [6.45, 7) is 2.13. The predicted molar refractivity (Wildman–Crippen MR) is 105 cm³/mol. The fraction of sp³-hybridized carbons (Fsp3) is 0.300. The molecule has 0 radical (unpaired) electrons. The molecule has 1 aromatic heterocycles. The van der Waals surface area contributed by atoms with Crippen molar-refractivity contribution >= 4 is 34.0 Å². The van der Waals surface area contributed by atoms with Crippen LogP contribution in [0, 0.1) is 0 Å². The first kappa shape index (κ1) is 15.7. The lowest BCUT2D eigenvalue weighted by Gasteiger charge is -2.28. The molecule has 1 fully saturated rings. The standard InChI is InChI=1S/C20H23N5/c1-21-20-23-18(14-19(24-20)25-11-5-2-6-12-25)22-17-10-9-15-7-3-4-8-16(15)13-17/h3-4,7-10,13-14H,2,5-6,11-12H2,1H3,(H2,21,22,23,24). The Morgan fingerprint density at radius 3 is 2.48 bits per heavy atom. The maximum Gasteiger partial charge on any atom is 0.226 e. The van der Waals surface area contributed by atoms with E-state index in [9.17, 15) is 0 Å². The van der Waals surface area contributed by atoms with E-state index in [1.165, 1.54) is 30.0 Å². The lowest BCUT2D eigenvalue weighted by Crippen LogP contribution is -2.30. The number of nitrogens with zero attached hydrogens (tertiary/aromatic N) is 3. The molecule has 1 saturated heterocycles. The summed E-state index contributed by atoms with van der Waals surface area (Å²) >= 11 is 0. The Labute approximate surface area is 148 Å². The van der Waals surface area contributed by atoms with Crippen molar-refractivity contribution in [3.05, 3.63) is 48.5 Å². The zero-order valence-corrected chi connectivity index (χ0v) is 14.5. The average Bonchev–Trinajstić information content (AvgIpc) is 2.68. The predicted octanol–water partition coefficient (Wildman–Crippen LogP) is 4.41. The molecule has 2 heterocycles. The fourth-order valence-electron chi connectivity index (χ4n) is 3.31. The van der Waals surface area contributed by atoms with E-state index in [0.29, 0.717) is 5.95 Å². The minimum atomic E-state index is 0.645. The fourth-order valence-corrected chi connectivity index (χ4v) is 3.31. The summed E-state index contributed by atoms with van der Waals surface area (Å²) in [5, 5.41) is 8.96. The van der Waals surface area contributed by atoms with Gasteiger partial charge in [-0.25, -0.2) is 0 Å². The Morgan fingerprint density at radius 1 is 0.880 bits per heavy atom. The monoisotopic (exact) mass is 333 g/mol. The number of hydrogen-bond donors (Lipinski definition) is 2. The molecule has 4 rings (SSSR count). The number of nitrogens with one attached hydrogen (secondary N) is 2. The molecular weight excluding hydrogens is 310 g/mol. The molecule has 128 valence electrons. The average molecular weight is 333 g/mol. The maximum atomic E-state index is 4.63. The van der Waals surface area contributed by atoms with Gasteiger partial charge in [0, 0.05) is 31.9 Å². The van der Waals surface area contributed by atoms with Gasteiger partial charge in [0.05, 0.1) is 0 Å². The van der Waals surface area contributed by atoms with Crippen LogP contribution in [0.25, 0.3) is 10.8 Å². The van der Waals surface area contributed by atoms with E-state index in [1.54, 1.807) is 0 Å². The summed E-state index contributed by atoms with van der Waals surface area (Å²) in [5.41, 5.74) is 1.03. The largest absolute Gasteiger partial charge is 0.357 e. The minimum absolute atomic E-state index is 0.645. The molecule has 0 unspecified atom stereocenters. The van der Waals surface area contributed by atoms with Gasteiger partial charge in [-0.15, -0.1) is 0 Å². The number of piperidine rings is 1. The van der Waals surface area contributed by atoms with Crippen LogP contribution >= 0.6 is 0 Å². The van der Waals surface area contributed by atoms with Crippen LogP contribution in [-0.4, -0.2) is 30.1 Å². The summed E-state index contributed by atoms with van der Waals surface area (Å²) in [6, 6.07) is 16.8. The topological polar surface area (TPSA) is 53.1 Å². The van der Waals surface area contributed by atoms with Crippen molar-refractivity contribution in [2.24, 2.45) is 0 Å². The van der Waals surface area contributed by atoms with Crippen LogP contribution in [0.15, 0.2) is 48.5 Å². The first-order chi connectivity index (χ1) is 12.3. The van der Waals surface area contributed by atoms with Crippen molar-refractivity contribution in [2.45, 2.75) is 19.3 Å². The van der Waals surface area contributed by atoms with E-state index >= 15 is 0 Å². The highest BCUT2D eigenvalue weighted by Gasteiger charge is 2.14. The van der Waals surface area contributed by atoms with Gasteiger partial charge in [-0.2, -0.15) is 9.97 Å². The molecule has 3 aromatic rings. The van der Waals surface area contributed by atoms with E-state index in [0.717, 1.165) is 30.4 Å². The van der Waals surface area contributed by atoms with Crippen molar-refractivity contribution in [2.75, 3.05) is 35.7 Å². The van der Waals surface area contributed by atoms with Gasteiger partial charge in [0.1, 0.15) is 11.6 Å². The molecule has 1 aliphatic rings. The first-order valence-electron chi connectivity index (χ1n) is 8.89. The maximum absolute atomic E-state index is 4.63. The second-order valence-corrected chi connectivity index (χ2v) is 6.42. The SMILES string of the molecule is CNc1nc(Nc2ccc3ccccc3c2)cc(N2CCCCC2)n1. The van der Waals surface area contributed by atoms with Crippen molar-refractivity contribution in [1.29, 1.82) is 0 Å². The number of benzene rings is 2. The Balaban J connectivity index is 1.63. The van der Waals surface area contributed by atoms with Crippen LogP contribution in [0.4, 0.5) is 23.3 Å². The van der Waals surface area contributed by atoms with Gasteiger partial charge in [-0.1, -0.05) is 30.3 Å². The summed E-state index contributed by atoms with van der Waals surface area (Å²) in [7, 11) is 1.86. The van der Waals surface area contributed by atoms with Crippen molar-refractivity contribution in [3.8, 4) is 0 Å². The van der Waals surface area contributed by atoms with Crippen LogP contribution in [0.2, 0.25) is 0 Å². The highest BCUT2D eigenvalue weighted by Crippen LogP contribution is 2.25. The second kappa shape index (κ2) is 6.97. The normalized spacial score (nSPS) is 14.5. The number of hydrogen-bond acceptors (Lipinski definition) is 5. The number of rotatable bonds is 4. The highest BCUT2D eigenvalue weighted by atomic mass is 15.2. The molecule has 0 aliphatic carbocycles. The molecule has 0 bridgehead atoms. The van der Waals surface area contributed by atoms with Crippen LogP contribution in [0.1, 0.15) is 19.3 Å². The van der Waals surface area contributed by atoms with E-state index in [4.69, 9.17) is 0 Å². The van der Waals surface area contributed by atoms with Crippen LogP contribution in [0.5, 0.6) is 0 Å².